The Hall–Kier alpha value is -1.10. The average Bonchev–Trinajstić information content (AvgIpc) is 2.38. The molecule has 0 atom stereocenters. The van der Waals surface area contributed by atoms with Crippen LogP contribution in [0.4, 0.5) is 0 Å². The summed E-state index contributed by atoms with van der Waals surface area (Å²) in [4.78, 5) is 0. The minimum atomic E-state index is 0.614. The fourth-order valence-electron chi connectivity index (χ4n) is 1.40. The third-order valence-corrected chi connectivity index (χ3v) is 2.31. The van der Waals surface area contributed by atoms with Crippen molar-refractivity contribution >= 4 is 0 Å². The van der Waals surface area contributed by atoms with Crippen molar-refractivity contribution in [3.05, 3.63) is 29.8 Å². The van der Waals surface area contributed by atoms with Crippen LogP contribution < -0.4 is 10.1 Å². The molecule has 0 bridgehead atoms. The first-order valence-corrected chi connectivity index (χ1v) is 5.77. The molecule has 0 aliphatic carbocycles. The Morgan fingerprint density at radius 2 is 1.94 bits per heavy atom. The minimum Gasteiger partial charge on any atom is -0.497 e. The summed E-state index contributed by atoms with van der Waals surface area (Å²) >= 11 is 0. The second-order valence-electron chi connectivity index (χ2n) is 3.65. The highest BCUT2D eigenvalue weighted by atomic mass is 16.5. The van der Waals surface area contributed by atoms with Crippen LogP contribution in [0.2, 0.25) is 0 Å². The summed E-state index contributed by atoms with van der Waals surface area (Å²) in [5.74, 6) is 0.865. The molecule has 1 N–H and O–H groups in total. The van der Waals surface area contributed by atoms with E-state index in [1.54, 1.807) is 14.2 Å². The maximum absolute atomic E-state index is 5.54. The number of ether oxygens (including phenoxy) is 3. The lowest BCUT2D eigenvalue weighted by atomic mass is 10.2. The van der Waals surface area contributed by atoms with Gasteiger partial charge in [-0.1, -0.05) is 12.1 Å². The Balaban J connectivity index is 2.09. The first kappa shape index (κ1) is 14.0. The van der Waals surface area contributed by atoms with Crippen molar-refractivity contribution in [2.45, 2.75) is 6.61 Å². The fourth-order valence-corrected chi connectivity index (χ4v) is 1.40. The molecule has 0 saturated carbocycles. The van der Waals surface area contributed by atoms with E-state index in [0.29, 0.717) is 13.2 Å². The second kappa shape index (κ2) is 8.98. The van der Waals surface area contributed by atoms with E-state index >= 15 is 0 Å². The Morgan fingerprint density at radius 3 is 2.71 bits per heavy atom. The zero-order valence-electron chi connectivity index (χ0n) is 10.6. The van der Waals surface area contributed by atoms with E-state index in [2.05, 4.69) is 5.32 Å². The standard InChI is InChI=1S/C13H21NO3/c1-15-8-6-14-7-9-17-11-12-4-3-5-13(10-12)16-2/h3-5,10,14H,6-9,11H2,1-2H3. The van der Waals surface area contributed by atoms with Crippen LogP contribution in [0.5, 0.6) is 5.75 Å². The van der Waals surface area contributed by atoms with Crippen molar-refractivity contribution in [1.82, 2.24) is 5.32 Å². The largest absolute Gasteiger partial charge is 0.497 e. The van der Waals surface area contributed by atoms with Gasteiger partial charge in [0.2, 0.25) is 0 Å². The molecule has 0 aromatic heterocycles. The predicted molar refractivity (Wildman–Crippen MR) is 67.4 cm³/mol. The maximum atomic E-state index is 5.54. The van der Waals surface area contributed by atoms with Crippen LogP contribution in [0.25, 0.3) is 0 Å². The van der Waals surface area contributed by atoms with Crippen molar-refractivity contribution in [2.75, 3.05) is 40.5 Å². The second-order valence-corrected chi connectivity index (χ2v) is 3.65. The number of hydrogen-bond acceptors (Lipinski definition) is 4. The molecule has 0 saturated heterocycles. The molecule has 0 unspecified atom stereocenters. The highest BCUT2D eigenvalue weighted by Crippen LogP contribution is 2.12. The first-order valence-electron chi connectivity index (χ1n) is 5.77. The monoisotopic (exact) mass is 239 g/mol. The van der Waals surface area contributed by atoms with Gasteiger partial charge in [0, 0.05) is 20.2 Å². The van der Waals surface area contributed by atoms with Crippen molar-refractivity contribution in [2.24, 2.45) is 0 Å². The lowest BCUT2D eigenvalue weighted by Crippen LogP contribution is -2.23. The molecule has 0 spiro atoms. The number of nitrogens with one attached hydrogen (secondary N) is 1. The van der Waals surface area contributed by atoms with Crippen LogP contribution in [-0.2, 0) is 16.1 Å². The number of hydrogen-bond donors (Lipinski definition) is 1. The summed E-state index contributed by atoms with van der Waals surface area (Å²) in [6.45, 7) is 3.74. The van der Waals surface area contributed by atoms with Crippen molar-refractivity contribution in [1.29, 1.82) is 0 Å². The van der Waals surface area contributed by atoms with Crippen LogP contribution in [0.1, 0.15) is 5.56 Å². The van der Waals surface area contributed by atoms with Gasteiger partial charge in [-0.25, -0.2) is 0 Å². The number of benzene rings is 1. The number of rotatable bonds is 9. The molecule has 0 amide bonds. The van der Waals surface area contributed by atoms with E-state index in [0.717, 1.165) is 31.0 Å². The van der Waals surface area contributed by atoms with Gasteiger partial charge in [-0.2, -0.15) is 0 Å². The summed E-state index contributed by atoms with van der Waals surface area (Å²) in [5.41, 5.74) is 1.13. The van der Waals surface area contributed by atoms with E-state index in [4.69, 9.17) is 14.2 Å². The molecule has 0 heterocycles. The van der Waals surface area contributed by atoms with Crippen LogP contribution in [-0.4, -0.2) is 40.5 Å². The smallest absolute Gasteiger partial charge is 0.119 e. The normalized spacial score (nSPS) is 10.5. The zero-order valence-corrected chi connectivity index (χ0v) is 10.6. The fraction of sp³-hybridized carbons (Fsp3) is 0.538. The van der Waals surface area contributed by atoms with E-state index in [9.17, 15) is 0 Å². The summed E-state index contributed by atoms with van der Waals surface area (Å²) in [6.07, 6.45) is 0. The van der Waals surface area contributed by atoms with Gasteiger partial charge in [-0.3, -0.25) is 0 Å². The molecular weight excluding hydrogens is 218 g/mol. The Bertz CT molecular complexity index is 304. The van der Waals surface area contributed by atoms with Crippen LogP contribution in [0.15, 0.2) is 24.3 Å². The van der Waals surface area contributed by atoms with Gasteiger partial charge in [0.05, 0.1) is 26.9 Å². The van der Waals surface area contributed by atoms with E-state index < -0.39 is 0 Å². The van der Waals surface area contributed by atoms with Crippen LogP contribution >= 0.6 is 0 Å². The van der Waals surface area contributed by atoms with Gasteiger partial charge in [0.1, 0.15) is 5.75 Å². The molecule has 4 heteroatoms. The zero-order chi connectivity index (χ0) is 12.3. The predicted octanol–water partition coefficient (Wildman–Crippen LogP) is 1.45. The van der Waals surface area contributed by atoms with E-state index in [1.807, 2.05) is 24.3 Å². The van der Waals surface area contributed by atoms with Gasteiger partial charge in [-0.05, 0) is 17.7 Å². The average molecular weight is 239 g/mol. The molecular formula is C13H21NO3. The first-order chi connectivity index (χ1) is 8.36. The SMILES string of the molecule is COCCNCCOCc1cccc(OC)c1. The topological polar surface area (TPSA) is 39.7 Å². The van der Waals surface area contributed by atoms with Crippen LogP contribution in [0.3, 0.4) is 0 Å². The lowest BCUT2D eigenvalue weighted by Gasteiger charge is -2.07. The van der Waals surface area contributed by atoms with Crippen molar-refractivity contribution < 1.29 is 14.2 Å². The third kappa shape index (κ3) is 6.26. The molecule has 0 aliphatic heterocycles. The summed E-state index contributed by atoms with van der Waals surface area (Å²) in [7, 11) is 3.36. The van der Waals surface area contributed by atoms with Gasteiger partial charge >= 0.3 is 0 Å². The highest BCUT2D eigenvalue weighted by Gasteiger charge is 1.96. The lowest BCUT2D eigenvalue weighted by molar-refractivity contribution is 0.120. The molecule has 1 aromatic carbocycles. The maximum Gasteiger partial charge on any atom is 0.119 e. The van der Waals surface area contributed by atoms with Crippen molar-refractivity contribution in [3.63, 3.8) is 0 Å². The summed E-state index contributed by atoms with van der Waals surface area (Å²) in [5, 5.41) is 3.22. The van der Waals surface area contributed by atoms with Gasteiger partial charge in [0.15, 0.2) is 0 Å². The molecule has 4 nitrogen and oxygen atoms in total. The van der Waals surface area contributed by atoms with Gasteiger partial charge in [-0.15, -0.1) is 0 Å². The Kier molecular flexibility index (Phi) is 7.38. The molecule has 0 aliphatic rings. The highest BCUT2D eigenvalue weighted by molar-refractivity contribution is 5.27. The molecule has 1 aromatic rings. The van der Waals surface area contributed by atoms with E-state index in [-0.39, 0.29) is 0 Å². The van der Waals surface area contributed by atoms with Gasteiger partial charge in [0.25, 0.3) is 0 Å². The number of methoxy groups -OCH3 is 2. The Morgan fingerprint density at radius 1 is 1.12 bits per heavy atom. The molecule has 1 rings (SSSR count). The van der Waals surface area contributed by atoms with Crippen molar-refractivity contribution in [3.8, 4) is 5.75 Å². The molecule has 96 valence electrons. The van der Waals surface area contributed by atoms with E-state index in [1.165, 1.54) is 0 Å². The molecule has 0 radical (unpaired) electrons. The Labute approximate surface area is 103 Å². The molecule has 0 fully saturated rings. The minimum absolute atomic E-state index is 0.614. The third-order valence-electron chi connectivity index (χ3n) is 2.31. The quantitative estimate of drug-likeness (QED) is 0.662. The van der Waals surface area contributed by atoms with Crippen LogP contribution in [0, 0.1) is 0 Å². The summed E-state index contributed by atoms with van der Waals surface area (Å²) in [6, 6.07) is 7.91. The van der Waals surface area contributed by atoms with Gasteiger partial charge < -0.3 is 19.5 Å². The summed E-state index contributed by atoms with van der Waals surface area (Å²) < 4.78 is 15.6. The molecule has 17 heavy (non-hydrogen) atoms.